The average Bonchev–Trinajstić information content (AvgIpc) is 1.88. The molecule has 0 rings (SSSR count). The quantitative estimate of drug-likeness (QED) is 0.459. The summed E-state index contributed by atoms with van der Waals surface area (Å²) in [6.45, 7) is 4.79. The highest BCUT2D eigenvalue weighted by molar-refractivity contribution is 4.45. The Hall–Kier alpha value is -0.120. The van der Waals surface area contributed by atoms with Gasteiger partial charge in [0.2, 0.25) is 0 Å². The van der Waals surface area contributed by atoms with Crippen molar-refractivity contribution in [3.05, 3.63) is 0 Å². The van der Waals surface area contributed by atoms with E-state index in [1.54, 1.807) is 7.11 Å². The average molecular weight is 148 g/mol. The van der Waals surface area contributed by atoms with E-state index >= 15 is 0 Å². The lowest BCUT2D eigenvalue weighted by atomic mass is 10.2. The summed E-state index contributed by atoms with van der Waals surface area (Å²) in [5.74, 6) is 0.150. The summed E-state index contributed by atoms with van der Waals surface area (Å²) >= 11 is 0. The molecule has 0 aromatic heterocycles. The van der Waals surface area contributed by atoms with Crippen molar-refractivity contribution in [2.75, 3.05) is 20.3 Å². The van der Waals surface area contributed by atoms with Gasteiger partial charge in [-0.15, -0.1) is 0 Å². The second kappa shape index (κ2) is 5.65. The highest BCUT2D eigenvalue weighted by atomic mass is 16.6. The van der Waals surface area contributed by atoms with Crippen LogP contribution in [0.2, 0.25) is 0 Å². The molecule has 0 aliphatic rings. The van der Waals surface area contributed by atoms with Gasteiger partial charge in [0.15, 0.2) is 6.29 Å². The van der Waals surface area contributed by atoms with Gasteiger partial charge in [-0.2, -0.15) is 0 Å². The van der Waals surface area contributed by atoms with Crippen LogP contribution in [-0.4, -0.2) is 31.7 Å². The van der Waals surface area contributed by atoms with E-state index in [0.29, 0.717) is 13.2 Å². The molecule has 0 aromatic carbocycles. The zero-order valence-corrected chi connectivity index (χ0v) is 6.83. The molecule has 0 saturated heterocycles. The lowest BCUT2D eigenvalue weighted by Gasteiger charge is -2.14. The molecule has 62 valence electrons. The minimum absolute atomic E-state index is 0.150. The van der Waals surface area contributed by atoms with Crippen LogP contribution in [0.3, 0.4) is 0 Å². The van der Waals surface area contributed by atoms with Crippen molar-refractivity contribution in [2.24, 2.45) is 5.92 Å². The molecule has 10 heavy (non-hydrogen) atoms. The van der Waals surface area contributed by atoms with E-state index < -0.39 is 6.29 Å². The molecule has 3 nitrogen and oxygen atoms in total. The third-order valence-electron chi connectivity index (χ3n) is 1.15. The second-order valence-corrected chi connectivity index (χ2v) is 2.50. The van der Waals surface area contributed by atoms with Crippen LogP contribution in [0.1, 0.15) is 13.8 Å². The molecule has 0 spiro atoms. The van der Waals surface area contributed by atoms with Crippen molar-refractivity contribution >= 4 is 0 Å². The first-order valence-corrected chi connectivity index (χ1v) is 3.47. The van der Waals surface area contributed by atoms with Crippen molar-refractivity contribution in [3.8, 4) is 0 Å². The van der Waals surface area contributed by atoms with Crippen molar-refractivity contribution in [1.82, 2.24) is 0 Å². The summed E-state index contributed by atoms with van der Waals surface area (Å²) in [7, 11) is 1.60. The summed E-state index contributed by atoms with van der Waals surface area (Å²) in [5.41, 5.74) is 0. The van der Waals surface area contributed by atoms with Crippen molar-refractivity contribution < 1.29 is 14.6 Å². The van der Waals surface area contributed by atoms with Crippen LogP contribution in [0, 0.1) is 5.92 Å². The van der Waals surface area contributed by atoms with Gasteiger partial charge in [-0.05, 0) is 0 Å². The third-order valence-corrected chi connectivity index (χ3v) is 1.15. The Morgan fingerprint density at radius 3 is 2.30 bits per heavy atom. The highest BCUT2D eigenvalue weighted by Gasteiger charge is 2.07. The normalized spacial score (nSPS) is 14.1. The molecule has 0 aromatic rings. The minimum atomic E-state index is -0.657. The number of methoxy groups -OCH3 is 1. The maximum atomic E-state index is 9.08. The monoisotopic (exact) mass is 148 g/mol. The van der Waals surface area contributed by atoms with E-state index in [1.165, 1.54) is 0 Å². The number of hydrogen-bond acceptors (Lipinski definition) is 3. The first-order chi connectivity index (χ1) is 4.68. The second-order valence-electron chi connectivity index (χ2n) is 2.50. The SMILES string of the molecule is COCCO[C@@H](O)C(C)C. The number of aliphatic hydroxyl groups excluding tert-OH is 1. The number of hydrogen-bond donors (Lipinski definition) is 1. The van der Waals surface area contributed by atoms with Crippen LogP contribution in [0.4, 0.5) is 0 Å². The fourth-order valence-corrected chi connectivity index (χ4v) is 0.445. The van der Waals surface area contributed by atoms with E-state index in [-0.39, 0.29) is 5.92 Å². The predicted octanol–water partition coefficient (Wildman–Crippen LogP) is 0.624. The Balaban J connectivity index is 3.13. The van der Waals surface area contributed by atoms with E-state index in [9.17, 15) is 0 Å². The van der Waals surface area contributed by atoms with Gasteiger partial charge in [0.05, 0.1) is 13.2 Å². The van der Waals surface area contributed by atoms with E-state index in [1.807, 2.05) is 13.8 Å². The molecule has 1 N–H and O–H groups in total. The Morgan fingerprint density at radius 1 is 1.30 bits per heavy atom. The van der Waals surface area contributed by atoms with Crippen LogP contribution in [0.5, 0.6) is 0 Å². The van der Waals surface area contributed by atoms with Crippen LogP contribution in [-0.2, 0) is 9.47 Å². The fourth-order valence-electron chi connectivity index (χ4n) is 0.445. The Labute approximate surface area is 62.0 Å². The number of rotatable bonds is 5. The van der Waals surface area contributed by atoms with Gasteiger partial charge < -0.3 is 14.6 Å². The smallest absolute Gasteiger partial charge is 0.156 e. The van der Waals surface area contributed by atoms with Crippen molar-refractivity contribution in [1.29, 1.82) is 0 Å². The number of ether oxygens (including phenoxy) is 2. The number of aliphatic hydroxyl groups is 1. The van der Waals surface area contributed by atoms with Gasteiger partial charge in [0.1, 0.15) is 0 Å². The van der Waals surface area contributed by atoms with E-state index in [0.717, 1.165) is 0 Å². The fraction of sp³-hybridized carbons (Fsp3) is 1.00. The lowest BCUT2D eigenvalue weighted by Crippen LogP contribution is -2.20. The Bertz CT molecular complexity index is 73.3. The van der Waals surface area contributed by atoms with Gasteiger partial charge >= 0.3 is 0 Å². The minimum Gasteiger partial charge on any atom is -0.382 e. The van der Waals surface area contributed by atoms with Gasteiger partial charge in [0.25, 0.3) is 0 Å². The molecule has 0 saturated carbocycles. The molecule has 0 heterocycles. The summed E-state index contributed by atoms with van der Waals surface area (Å²) in [6, 6.07) is 0. The van der Waals surface area contributed by atoms with E-state index in [2.05, 4.69) is 0 Å². The van der Waals surface area contributed by atoms with Crippen LogP contribution < -0.4 is 0 Å². The summed E-state index contributed by atoms with van der Waals surface area (Å²) in [6.07, 6.45) is -0.657. The zero-order chi connectivity index (χ0) is 7.98. The predicted molar refractivity (Wildman–Crippen MR) is 38.7 cm³/mol. The summed E-state index contributed by atoms with van der Waals surface area (Å²) in [4.78, 5) is 0. The Morgan fingerprint density at radius 2 is 1.90 bits per heavy atom. The molecule has 3 heteroatoms. The van der Waals surface area contributed by atoms with E-state index in [4.69, 9.17) is 14.6 Å². The summed E-state index contributed by atoms with van der Waals surface area (Å²) < 4.78 is 9.71. The van der Waals surface area contributed by atoms with Crippen LogP contribution in [0.25, 0.3) is 0 Å². The molecule has 0 radical (unpaired) electrons. The molecule has 1 atom stereocenters. The summed E-state index contributed by atoms with van der Waals surface area (Å²) in [5, 5.41) is 9.08. The van der Waals surface area contributed by atoms with Crippen LogP contribution in [0.15, 0.2) is 0 Å². The molecule has 0 bridgehead atoms. The molecule has 0 amide bonds. The van der Waals surface area contributed by atoms with Crippen molar-refractivity contribution in [3.63, 3.8) is 0 Å². The molecule has 0 aliphatic carbocycles. The molecular formula is C7H16O3. The lowest BCUT2D eigenvalue weighted by molar-refractivity contribution is -0.134. The van der Waals surface area contributed by atoms with Gasteiger partial charge in [0, 0.05) is 13.0 Å². The first kappa shape index (κ1) is 9.88. The highest BCUT2D eigenvalue weighted by Crippen LogP contribution is 2.01. The molecular weight excluding hydrogens is 132 g/mol. The topological polar surface area (TPSA) is 38.7 Å². The van der Waals surface area contributed by atoms with Gasteiger partial charge in [-0.3, -0.25) is 0 Å². The Kier molecular flexibility index (Phi) is 5.58. The largest absolute Gasteiger partial charge is 0.382 e. The maximum Gasteiger partial charge on any atom is 0.156 e. The van der Waals surface area contributed by atoms with Crippen LogP contribution >= 0.6 is 0 Å². The molecule has 0 fully saturated rings. The molecule has 0 unspecified atom stereocenters. The van der Waals surface area contributed by atoms with Gasteiger partial charge in [-0.25, -0.2) is 0 Å². The third kappa shape index (κ3) is 4.73. The first-order valence-electron chi connectivity index (χ1n) is 3.47. The maximum absolute atomic E-state index is 9.08. The standard InChI is InChI=1S/C7H16O3/c1-6(2)7(8)10-5-4-9-3/h6-8H,4-5H2,1-3H3/t7-/m1/s1. The zero-order valence-electron chi connectivity index (χ0n) is 6.83. The van der Waals surface area contributed by atoms with Crippen molar-refractivity contribution in [2.45, 2.75) is 20.1 Å². The molecule has 0 aliphatic heterocycles. The van der Waals surface area contributed by atoms with Gasteiger partial charge in [-0.1, -0.05) is 13.8 Å².